The average Bonchev–Trinajstić information content (AvgIpc) is 3.11. The minimum Gasteiger partial charge on any atom is -0.493 e. The number of imidazole rings is 1. The quantitative estimate of drug-likeness (QED) is 0.492. The lowest BCUT2D eigenvalue weighted by Gasteiger charge is -2.22. The van der Waals surface area contributed by atoms with Crippen LogP contribution in [0.15, 0.2) is 42.5 Å². The molecule has 0 saturated carbocycles. The standard InChI is InChI=1S/C22H26F3N3O4/c1-27(12-15-7-8-19(32-10-9-29)20(11-15)31-2)13-16(30)14-28-18-6-4-3-5-17(18)26-21(28)22(23,24)25/h3-8,11,16,29-30H,9-10,12-14H2,1-2H3/t16-/m1/s1. The van der Waals surface area contributed by atoms with E-state index in [1.807, 2.05) is 6.07 Å². The van der Waals surface area contributed by atoms with E-state index in [0.717, 1.165) is 10.1 Å². The molecule has 1 aromatic heterocycles. The van der Waals surface area contributed by atoms with Gasteiger partial charge in [-0.05, 0) is 36.9 Å². The molecule has 0 fully saturated rings. The van der Waals surface area contributed by atoms with Crippen molar-refractivity contribution in [1.82, 2.24) is 14.5 Å². The first-order valence-corrected chi connectivity index (χ1v) is 10.0. The fourth-order valence-corrected chi connectivity index (χ4v) is 3.57. The number of aliphatic hydroxyl groups excluding tert-OH is 2. The summed E-state index contributed by atoms with van der Waals surface area (Å²) >= 11 is 0. The first kappa shape index (κ1) is 23.8. The number of aromatic nitrogens is 2. The molecule has 0 unspecified atom stereocenters. The fraction of sp³-hybridized carbons (Fsp3) is 0.409. The van der Waals surface area contributed by atoms with Crippen molar-refractivity contribution < 1.29 is 32.9 Å². The van der Waals surface area contributed by atoms with Crippen molar-refractivity contribution in [3.8, 4) is 11.5 Å². The van der Waals surface area contributed by atoms with Gasteiger partial charge in [-0.3, -0.25) is 4.90 Å². The smallest absolute Gasteiger partial charge is 0.449 e. The first-order valence-electron chi connectivity index (χ1n) is 10.0. The third kappa shape index (κ3) is 5.70. The summed E-state index contributed by atoms with van der Waals surface area (Å²) in [6, 6.07) is 11.7. The van der Waals surface area contributed by atoms with Crippen LogP contribution in [0.4, 0.5) is 13.2 Å². The highest BCUT2D eigenvalue weighted by Crippen LogP contribution is 2.32. The van der Waals surface area contributed by atoms with Crippen molar-refractivity contribution in [2.75, 3.05) is 33.9 Å². The molecule has 0 aliphatic rings. The maximum atomic E-state index is 13.5. The van der Waals surface area contributed by atoms with Crippen LogP contribution in [-0.2, 0) is 19.3 Å². The number of para-hydroxylation sites is 2. The molecule has 1 heterocycles. The van der Waals surface area contributed by atoms with E-state index in [1.165, 1.54) is 13.2 Å². The fourth-order valence-electron chi connectivity index (χ4n) is 3.57. The molecule has 2 aromatic carbocycles. The number of alkyl halides is 3. The topological polar surface area (TPSA) is 80.0 Å². The van der Waals surface area contributed by atoms with Gasteiger partial charge in [0.05, 0.1) is 37.4 Å². The van der Waals surface area contributed by atoms with E-state index in [9.17, 15) is 18.3 Å². The molecule has 0 aliphatic carbocycles. The van der Waals surface area contributed by atoms with Crippen molar-refractivity contribution in [2.24, 2.45) is 0 Å². The van der Waals surface area contributed by atoms with Crippen LogP contribution >= 0.6 is 0 Å². The second-order valence-electron chi connectivity index (χ2n) is 7.44. The molecule has 2 N–H and O–H groups in total. The zero-order valence-corrected chi connectivity index (χ0v) is 17.8. The number of aliphatic hydroxyl groups is 2. The normalized spacial score (nSPS) is 13.0. The third-order valence-electron chi connectivity index (χ3n) is 4.85. The molecule has 7 nitrogen and oxygen atoms in total. The molecular formula is C22H26F3N3O4. The van der Waals surface area contributed by atoms with Crippen LogP contribution in [0.1, 0.15) is 11.4 Å². The van der Waals surface area contributed by atoms with E-state index >= 15 is 0 Å². The summed E-state index contributed by atoms with van der Waals surface area (Å²) in [5.41, 5.74) is 1.43. The van der Waals surface area contributed by atoms with Gasteiger partial charge in [0, 0.05) is 13.1 Å². The van der Waals surface area contributed by atoms with Gasteiger partial charge in [0.2, 0.25) is 5.82 Å². The van der Waals surface area contributed by atoms with E-state index < -0.39 is 18.1 Å². The Balaban J connectivity index is 1.69. The molecule has 10 heteroatoms. The largest absolute Gasteiger partial charge is 0.493 e. The van der Waals surface area contributed by atoms with E-state index in [-0.39, 0.29) is 31.8 Å². The molecular weight excluding hydrogens is 427 g/mol. The molecule has 3 aromatic rings. The lowest BCUT2D eigenvalue weighted by atomic mass is 10.2. The second kappa shape index (κ2) is 10.2. The molecule has 0 spiro atoms. The number of ether oxygens (including phenoxy) is 2. The molecule has 0 saturated heterocycles. The number of hydrogen-bond acceptors (Lipinski definition) is 6. The number of benzene rings is 2. The Kier molecular flexibility index (Phi) is 7.60. The van der Waals surface area contributed by atoms with Gasteiger partial charge in [0.15, 0.2) is 11.5 Å². The maximum Gasteiger partial charge on any atom is 0.449 e. The lowest BCUT2D eigenvalue weighted by Crippen LogP contribution is -2.32. The highest BCUT2D eigenvalue weighted by Gasteiger charge is 2.38. The Morgan fingerprint density at radius 1 is 1.16 bits per heavy atom. The number of hydrogen-bond donors (Lipinski definition) is 2. The summed E-state index contributed by atoms with van der Waals surface area (Å²) in [4.78, 5) is 5.51. The zero-order valence-electron chi connectivity index (χ0n) is 17.8. The summed E-state index contributed by atoms with van der Waals surface area (Å²) < 4.78 is 52.1. The molecule has 0 radical (unpaired) electrons. The number of methoxy groups -OCH3 is 1. The lowest BCUT2D eigenvalue weighted by molar-refractivity contribution is -0.147. The van der Waals surface area contributed by atoms with Gasteiger partial charge in [-0.15, -0.1) is 0 Å². The summed E-state index contributed by atoms with van der Waals surface area (Å²) in [6.45, 7) is 0.370. The van der Waals surface area contributed by atoms with Crippen LogP contribution in [0.2, 0.25) is 0 Å². The van der Waals surface area contributed by atoms with Crippen LogP contribution in [0.3, 0.4) is 0 Å². The van der Waals surface area contributed by atoms with Crippen molar-refractivity contribution in [2.45, 2.75) is 25.4 Å². The molecule has 0 amide bonds. The average molecular weight is 453 g/mol. The predicted octanol–water partition coefficient (Wildman–Crippen LogP) is 2.93. The van der Waals surface area contributed by atoms with Gasteiger partial charge in [-0.1, -0.05) is 18.2 Å². The van der Waals surface area contributed by atoms with Crippen molar-refractivity contribution in [3.63, 3.8) is 0 Å². The van der Waals surface area contributed by atoms with Crippen LogP contribution in [-0.4, -0.2) is 64.7 Å². The molecule has 3 rings (SSSR count). The Bertz CT molecular complexity index is 1040. The van der Waals surface area contributed by atoms with Gasteiger partial charge >= 0.3 is 6.18 Å². The summed E-state index contributed by atoms with van der Waals surface area (Å²) in [5.74, 6) is -0.0205. The monoisotopic (exact) mass is 453 g/mol. The summed E-state index contributed by atoms with van der Waals surface area (Å²) in [6.07, 6.45) is -5.67. The maximum absolute atomic E-state index is 13.5. The first-order chi connectivity index (χ1) is 15.2. The number of likely N-dealkylation sites (N-methyl/N-ethyl adjacent to an activating group) is 1. The molecule has 174 valence electrons. The molecule has 0 aliphatic heterocycles. The van der Waals surface area contributed by atoms with E-state index in [4.69, 9.17) is 14.6 Å². The number of rotatable bonds is 10. The van der Waals surface area contributed by atoms with Crippen molar-refractivity contribution >= 4 is 11.0 Å². The van der Waals surface area contributed by atoms with E-state index in [1.54, 1.807) is 42.3 Å². The summed E-state index contributed by atoms with van der Waals surface area (Å²) in [5, 5.41) is 19.4. The minimum absolute atomic E-state index is 0.117. The number of nitrogens with zero attached hydrogens (tertiary/aromatic N) is 3. The highest BCUT2D eigenvalue weighted by molar-refractivity contribution is 5.76. The van der Waals surface area contributed by atoms with E-state index in [2.05, 4.69) is 4.98 Å². The number of fused-ring (bicyclic) bond motifs is 1. The molecule has 32 heavy (non-hydrogen) atoms. The van der Waals surface area contributed by atoms with Gasteiger partial charge in [-0.2, -0.15) is 13.2 Å². The Morgan fingerprint density at radius 2 is 1.91 bits per heavy atom. The van der Waals surface area contributed by atoms with Crippen LogP contribution in [0.25, 0.3) is 11.0 Å². The Morgan fingerprint density at radius 3 is 2.59 bits per heavy atom. The van der Waals surface area contributed by atoms with Crippen LogP contribution < -0.4 is 9.47 Å². The van der Waals surface area contributed by atoms with Gasteiger partial charge in [0.1, 0.15) is 6.61 Å². The van der Waals surface area contributed by atoms with E-state index in [0.29, 0.717) is 23.6 Å². The van der Waals surface area contributed by atoms with Crippen molar-refractivity contribution in [1.29, 1.82) is 0 Å². The molecule has 1 atom stereocenters. The Hall–Kier alpha value is -2.82. The third-order valence-corrected chi connectivity index (χ3v) is 4.85. The van der Waals surface area contributed by atoms with Gasteiger partial charge < -0.3 is 24.3 Å². The van der Waals surface area contributed by atoms with Crippen LogP contribution in [0, 0.1) is 0 Å². The SMILES string of the molecule is COc1cc(CN(C)C[C@@H](O)Cn2c(C(F)(F)F)nc3ccccc32)ccc1OCCO. The highest BCUT2D eigenvalue weighted by atomic mass is 19.4. The number of halogens is 3. The summed E-state index contributed by atoms with van der Waals surface area (Å²) in [7, 11) is 3.27. The Labute approximate surface area is 183 Å². The van der Waals surface area contributed by atoms with Crippen LogP contribution in [0.5, 0.6) is 11.5 Å². The van der Waals surface area contributed by atoms with Gasteiger partial charge in [0.25, 0.3) is 0 Å². The zero-order chi connectivity index (χ0) is 23.3. The minimum atomic E-state index is -4.62. The van der Waals surface area contributed by atoms with Gasteiger partial charge in [-0.25, -0.2) is 4.98 Å². The predicted molar refractivity (Wildman–Crippen MR) is 113 cm³/mol. The molecule has 0 bridgehead atoms. The second-order valence-corrected chi connectivity index (χ2v) is 7.44. The van der Waals surface area contributed by atoms with Crippen molar-refractivity contribution in [3.05, 3.63) is 53.9 Å².